The van der Waals surface area contributed by atoms with Crippen LogP contribution in [-0.2, 0) is 16.0 Å². The third kappa shape index (κ3) is 3.82. The molecule has 0 bridgehead atoms. The van der Waals surface area contributed by atoms with Crippen molar-refractivity contribution in [3.8, 4) is 0 Å². The Morgan fingerprint density at radius 2 is 2.17 bits per heavy atom. The Balaban J connectivity index is 1.92. The van der Waals surface area contributed by atoms with Crippen molar-refractivity contribution in [1.82, 2.24) is 5.32 Å². The predicted octanol–water partition coefficient (Wildman–Crippen LogP) is 2.60. The van der Waals surface area contributed by atoms with Crippen LogP contribution in [0.1, 0.15) is 24.0 Å². The van der Waals surface area contributed by atoms with Crippen molar-refractivity contribution in [3.63, 3.8) is 0 Å². The van der Waals surface area contributed by atoms with Crippen molar-refractivity contribution in [2.45, 2.75) is 32.2 Å². The molecule has 1 aliphatic rings. The monoisotopic (exact) mass is 311 g/mol. The number of ether oxygens (including phenoxy) is 1. The maximum absolute atomic E-state index is 12.0. The van der Waals surface area contributed by atoms with Gasteiger partial charge in [-0.2, -0.15) is 0 Å². The summed E-state index contributed by atoms with van der Waals surface area (Å²) in [6, 6.07) is 6.31. The molecule has 1 amide bonds. The van der Waals surface area contributed by atoms with E-state index in [9.17, 15) is 4.79 Å². The van der Waals surface area contributed by atoms with Gasteiger partial charge >= 0.3 is 0 Å². The largest absolute Gasteiger partial charge is 0.381 e. The summed E-state index contributed by atoms with van der Waals surface area (Å²) in [7, 11) is 0. The van der Waals surface area contributed by atoms with Crippen LogP contribution in [0.4, 0.5) is 0 Å². The van der Waals surface area contributed by atoms with Crippen molar-refractivity contribution in [3.05, 3.63) is 33.8 Å². The minimum Gasteiger partial charge on any atom is -0.381 e. The molecule has 1 N–H and O–H groups in total. The molecule has 2 rings (SSSR count). The number of hydrogen-bond donors (Lipinski definition) is 1. The molecule has 0 spiro atoms. The van der Waals surface area contributed by atoms with Crippen LogP contribution >= 0.6 is 15.9 Å². The third-order valence-electron chi connectivity index (χ3n) is 3.25. The van der Waals surface area contributed by atoms with Crippen LogP contribution < -0.4 is 5.32 Å². The van der Waals surface area contributed by atoms with Gasteiger partial charge in [0.1, 0.15) is 0 Å². The Morgan fingerprint density at radius 3 is 2.89 bits per heavy atom. The fourth-order valence-electron chi connectivity index (χ4n) is 2.12. The lowest BCUT2D eigenvalue weighted by Crippen LogP contribution is -2.39. The van der Waals surface area contributed by atoms with Gasteiger partial charge in [-0.05, 0) is 43.0 Å². The molecule has 1 fully saturated rings. The lowest BCUT2D eigenvalue weighted by Gasteiger charge is -2.23. The van der Waals surface area contributed by atoms with Gasteiger partial charge in [-0.3, -0.25) is 4.79 Å². The first-order valence-corrected chi connectivity index (χ1v) is 7.06. The van der Waals surface area contributed by atoms with E-state index in [1.54, 1.807) is 0 Å². The van der Waals surface area contributed by atoms with Crippen LogP contribution in [0, 0.1) is 6.92 Å². The van der Waals surface area contributed by atoms with Gasteiger partial charge in [0.15, 0.2) is 0 Å². The Morgan fingerprint density at radius 1 is 1.44 bits per heavy atom. The van der Waals surface area contributed by atoms with Crippen molar-refractivity contribution in [1.29, 1.82) is 0 Å². The Labute approximate surface area is 116 Å². The number of benzene rings is 1. The molecule has 0 aromatic heterocycles. The first kappa shape index (κ1) is 13.6. The Kier molecular flexibility index (Phi) is 4.78. The quantitative estimate of drug-likeness (QED) is 0.932. The first-order chi connectivity index (χ1) is 8.65. The average Bonchev–Trinajstić information content (AvgIpc) is 2.35. The lowest BCUT2D eigenvalue weighted by atomic mass is 10.0. The molecule has 4 heteroatoms. The highest BCUT2D eigenvalue weighted by Crippen LogP contribution is 2.16. The van der Waals surface area contributed by atoms with Crippen LogP contribution in [0.3, 0.4) is 0 Å². The summed E-state index contributed by atoms with van der Waals surface area (Å²) in [5.74, 6) is 0.100. The van der Waals surface area contributed by atoms with Crippen molar-refractivity contribution >= 4 is 21.8 Å². The smallest absolute Gasteiger partial charge is 0.224 e. The summed E-state index contributed by atoms with van der Waals surface area (Å²) in [5, 5.41) is 3.08. The Bertz CT molecular complexity index is 428. The summed E-state index contributed by atoms with van der Waals surface area (Å²) in [5.41, 5.74) is 2.23. The molecule has 3 nitrogen and oxygen atoms in total. The van der Waals surface area contributed by atoms with Gasteiger partial charge in [0, 0.05) is 23.7 Å². The van der Waals surface area contributed by atoms with Crippen LogP contribution in [0.5, 0.6) is 0 Å². The topological polar surface area (TPSA) is 38.3 Å². The minimum absolute atomic E-state index is 0.100. The van der Waals surface area contributed by atoms with Crippen LogP contribution in [0.25, 0.3) is 0 Å². The van der Waals surface area contributed by atoms with E-state index < -0.39 is 0 Å². The number of nitrogens with one attached hydrogen (secondary N) is 1. The number of carbonyl (C=O) groups is 1. The van der Waals surface area contributed by atoms with E-state index in [-0.39, 0.29) is 11.9 Å². The van der Waals surface area contributed by atoms with Crippen molar-refractivity contribution in [2.75, 3.05) is 13.2 Å². The standard InChI is InChI=1S/C14H18BrNO2/c1-10-2-3-12(15)8-11(10)9-14(17)16-13-4-6-18-7-5-13/h2-3,8,13H,4-7,9H2,1H3,(H,16,17). The second-order valence-corrected chi connectivity index (χ2v) is 5.62. The molecule has 1 aliphatic heterocycles. The maximum Gasteiger partial charge on any atom is 0.224 e. The van der Waals surface area contributed by atoms with E-state index in [0.29, 0.717) is 6.42 Å². The fraction of sp³-hybridized carbons (Fsp3) is 0.500. The zero-order valence-corrected chi connectivity index (χ0v) is 12.1. The highest BCUT2D eigenvalue weighted by molar-refractivity contribution is 9.10. The molecule has 0 aliphatic carbocycles. The molecule has 18 heavy (non-hydrogen) atoms. The van der Waals surface area contributed by atoms with E-state index in [2.05, 4.69) is 21.2 Å². The molecule has 1 aromatic rings. The number of hydrogen-bond acceptors (Lipinski definition) is 2. The van der Waals surface area contributed by atoms with E-state index in [0.717, 1.165) is 41.7 Å². The van der Waals surface area contributed by atoms with Gasteiger partial charge in [0.25, 0.3) is 0 Å². The van der Waals surface area contributed by atoms with Gasteiger partial charge in [-0.25, -0.2) is 0 Å². The van der Waals surface area contributed by atoms with Crippen LogP contribution in [0.15, 0.2) is 22.7 Å². The second-order valence-electron chi connectivity index (χ2n) is 4.70. The van der Waals surface area contributed by atoms with Gasteiger partial charge in [-0.15, -0.1) is 0 Å². The fourth-order valence-corrected chi connectivity index (χ4v) is 2.53. The molecule has 0 unspecified atom stereocenters. The molecule has 1 saturated heterocycles. The molecule has 0 atom stereocenters. The number of halogens is 1. The molecule has 0 saturated carbocycles. The summed E-state index contributed by atoms with van der Waals surface area (Å²) in [6.45, 7) is 3.53. The van der Waals surface area contributed by atoms with E-state index in [1.807, 2.05) is 25.1 Å². The number of aryl methyl sites for hydroxylation is 1. The highest BCUT2D eigenvalue weighted by atomic mass is 79.9. The normalized spacial score (nSPS) is 16.6. The maximum atomic E-state index is 12.0. The molecule has 1 aromatic carbocycles. The van der Waals surface area contributed by atoms with E-state index in [1.165, 1.54) is 0 Å². The number of rotatable bonds is 3. The Hall–Kier alpha value is -0.870. The summed E-state index contributed by atoms with van der Waals surface area (Å²) >= 11 is 3.44. The second kappa shape index (κ2) is 6.34. The predicted molar refractivity (Wildman–Crippen MR) is 74.6 cm³/mol. The first-order valence-electron chi connectivity index (χ1n) is 6.27. The van der Waals surface area contributed by atoms with Crippen LogP contribution in [0.2, 0.25) is 0 Å². The molecular formula is C14H18BrNO2. The summed E-state index contributed by atoms with van der Waals surface area (Å²) in [4.78, 5) is 12.0. The molecular weight excluding hydrogens is 294 g/mol. The average molecular weight is 312 g/mol. The van der Waals surface area contributed by atoms with Crippen molar-refractivity contribution in [2.24, 2.45) is 0 Å². The highest BCUT2D eigenvalue weighted by Gasteiger charge is 2.16. The lowest BCUT2D eigenvalue weighted by molar-refractivity contribution is -0.121. The molecule has 98 valence electrons. The van der Waals surface area contributed by atoms with Crippen molar-refractivity contribution < 1.29 is 9.53 Å². The molecule has 1 heterocycles. The van der Waals surface area contributed by atoms with Gasteiger partial charge in [0.2, 0.25) is 5.91 Å². The SMILES string of the molecule is Cc1ccc(Br)cc1CC(=O)NC1CCOCC1. The zero-order chi connectivity index (χ0) is 13.0. The number of amides is 1. The van der Waals surface area contributed by atoms with E-state index >= 15 is 0 Å². The van der Waals surface area contributed by atoms with Gasteiger partial charge < -0.3 is 10.1 Å². The van der Waals surface area contributed by atoms with Crippen LogP contribution in [-0.4, -0.2) is 25.2 Å². The number of carbonyl (C=O) groups excluding carboxylic acids is 1. The minimum atomic E-state index is 0.100. The zero-order valence-electron chi connectivity index (χ0n) is 10.5. The van der Waals surface area contributed by atoms with Gasteiger partial charge in [-0.1, -0.05) is 22.0 Å². The van der Waals surface area contributed by atoms with Gasteiger partial charge in [0.05, 0.1) is 6.42 Å². The van der Waals surface area contributed by atoms with E-state index in [4.69, 9.17) is 4.74 Å². The summed E-state index contributed by atoms with van der Waals surface area (Å²) in [6.07, 6.45) is 2.29. The summed E-state index contributed by atoms with van der Waals surface area (Å²) < 4.78 is 6.29. The third-order valence-corrected chi connectivity index (χ3v) is 3.74. The molecule has 0 radical (unpaired) electrons.